The smallest absolute Gasteiger partial charge is 0.0601 e. The first-order valence-electron chi connectivity index (χ1n) is 6.52. The third-order valence-corrected chi connectivity index (χ3v) is 3.41. The van der Waals surface area contributed by atoms with Gasteiger partial charge in [-0.3, -0.25) is 0 Å². The number of hydrogen-bond acceptors (Lipinski definition) is 3. The standard InChI is InChI=1S/C14H22N2O/c1-2-12-6-3-4-7-14(12)16-9-5-8-15-13(10-16)11-17/h3-4,6-7,13,15,17H,2,5,8-11H2,1H3. The van der Waals surface area contributed by atoms with Crippen molar-refractivity contribution in [2.45, 2.75) is 25.8 Å². The molecule has 1 saturated heterocycles. The molecule has 1 atom stereocenters. The molecular formula is C14H22N2O. The lowest BCUT2D eigenvalue weighted by atomic mass is 10.1. The molecule has 0 aliphatic carbocycles. The average Bonchev–Trinajstić information content (AvgIpc) is 2.64. The van der Waals surface area contributed by atoms with Gasteiger partial charge in [-0.25, -0.2) is 0 Å². The lowest BCUT2D eigenvalue weighted by Gasteiger charge is -2.27. The predicted octanol–water partition coefficient (Wildman–Crippen LogP) is 1.41. The molecule has 3 heteroatoms. The number of nitrogens with one attached hydrogen (secondary N) is 1. The van der Waals surface area contributed by atoms with Gasteiger partial charge in [-0.2, -0.15) is 0 Å². The van der Waals surface area contributed by atoms with Gasteiger partial charge in [-0.1, -0.05) is 25.1 Å². The van der Waals surface area contributed by atoms with Crippen LogP contribution < -0.4 is 10.2 Å². The largest absolute Gasteiger partial charge is 0.395 e. The van der Waals surface area contributed by atoms with E-state index in [1.807, 2.05) is 0 Å². The van der Waals surface area contributed by atoms with Gasteiger partial charge in [-0.05, 0) is 31.0 Å². The molecule has 0 aromatic heterocycles. The third kappa shape index (κ3) is 2.99. The van der Waals surface area contributed by atoms with Crippen molar-refractivity contribution in [2.24, 2.45) is 0 Å². The minimum atomic E-state index is 0.197. The van der Waals surface area contributed by atoms with Crippen molar-refractivity contribution < 1.29 is 5.11 Å². The second-order valence-corrected chi connectivity index (χ2v) is 4.62. The lowest BCUT2D eigenvalue weighted by molar-refractivity contribution is 0.248. The first kappa shape index (κ1) is 12.4. The molecule has 1 aromatic rings. The highest BCUT2D eigenvalue weighted by Crippen LogP contribution is 2.22. The topological polar surface area (TPSA) is 35.5 Å². The van der Waals surface area contributed by atoms with E-state index in [9.17, 15) is 5.11 Å². The van der Waals surface area contributed by atoms with Crippen LogP contribution in [0.15, 0.2) is 24.3 Å². The number of anilines is 1. The summed E-state index contributed by atoms with van der Waals surface area (Å²) in [7, 11) is 0. The quantitative estimate of drug-likeness (QED) is 0.830. The van der Waals surface area contributed by atoms with E-state index < -0.39 is 0 Å². The summed E-state index contributed by atoms with van der Waals surface area (Å²) in [5.74, 6) is 0. The zero-order valence-electron chi connectivity index (χ0n) is 10.5. The van der Waals surface area contributed by atoms with E-state index in [0.29, 0.717) is 0 Å². The van der Waals surface area contributed by atoms with Crippen molar-refractivity contribution >= 4 is 5.69 Å². The predicted molar refractivity (Wildman–Crippen MR) is 71.5 cm³/mol. The van der Waals surface area contributed by atoms with Crippen LogP contribution in [0.2, 0.25) is 0 Å². The molecule has 1 fully saturated rings. The molecule has 0 amide bonds. The summed E-state index contributed by atoms with van der Waals surface area (Å²) in [4.78, 5) is 2.40. The number of aliphatic hydroxyl groups is 1. The van der Waals surface area contributed by atoms with Crippen molar-refractivity contribution in [1.82, 2.24) is 5.32 Å². The normalized spacial score (nSPS) is 21.3. The van der Waals surface area contributed by atoms with Crippen LogP contribution >= 0.6 is 0 Å². The molecule has 1 unspecified atom stereocenters. The summed E-state index contributed by atoms with van der Waals surface area (Å²) in [5.41, 5.74) is 2.73. The summed E-state index contributed by atoms with van der Waals surface area (Å²) in [6, 6.07) is 8.78. The van der Waals surface area contributed by atoms with Gasteiger partial charge in [0, 0.05) is 24.8 Å². The third-order valence-electron chi connectivity index (χ3n) is 3.41. The molecule has 1 aliphatic heterocycles. The molecule has 1 heterocycles. The fourth-order valence-corrected chi connectivity index (χ4v) is 2.46. The molecule has 0 saturated carbocycles. The number of benzene rings is 1. The Morgan fingerprint density at radius 1 is 1.41 bits per heavy atom. The maximum Gasteiger partial charge on any atom is 0.0601 e. The van der Waals surface area contributed by atoms with Gasteiger partial charge in [-0.15, -0.1) is 0 Å². The highest BCUT2D eigenvalue weighted by molar-refractivity contribution is 5.54. The van der Waals surface area contributed by atoms with Crippen molar-refractivity contribution in [3.63, 3.8) is 0 Å². The number of nitrogens with zero attached hydrogens (tertiary/aromatic N) is 1. The molecule has 1 aliphatic rings. The average molecular weight is 234 g/mol. The second-order valence-electron chi connectivity index (χ2n) is 4.62. The Balaban J connectivity index is 2.18. The van der Waals surface area contributed by atoms with Gasteiger partial charge in [0.1, 0.15) is 0 Å². The van der Waals surface area contributed by atoms with Crippen LogP contribution in [0.3, 0.4) is 0 Å². The Labute approximate surface area is 103 Å². The fourth-order valence-electron chi connectivity index (χ4n) is 2.46. The summed E-state index contributed by atoms with van der Waals surface area (Å²) in [6.45, 7) is 5.37. The Morgan fingerprint density at radius 2 is 2.24 bits per heavy atom. The molecule has 2 rings (SSSR count). The minimum Gasteiger partial charge on any atom is -0.395 e. The van der Waals surface area contributed by atoms with Crippen molar-refractivity contribution in [3.05, 3.63) is 29.8 Å². The van der Waals surface area contributed by atoms with Gasteiger partial charge in [0.15, 0.2) is 0 Å². The highest BCUT2D eigenvalue weighted by Gasteiger charge is 2.18. The van der Waals surface area contributed by atoms with Gasteiger partial charge in [0.2, 0.25) is 0 Å². The monoisotopic (exact) mass is 234 g/mol. The molecular weight excluding hydrogens is 212 g/mol. The van der Waals surface area contributed by atoms with E-state index in [0.717, 1.165) is 32.5 Å². The van der Waals surface area contributed by atoms with Gasteiger partial charge >= 0.3 is 0 Å². The molecule has 1 aromatic carbocycles. The van der Waals surface area contributed by atoms with E-state index in [-0.39, 0.29) is 12.6 Å². The van der Waals surface area contributed by atoms with Gasteiger partial charge in [0.25, 0.3) is 0 Å². The van der Waals surface area contributed by atoms with Crippen LogP contribution in [0.25, 0.3) is 0 Å². The lowest BCUT2D eigenvalue weighted by Crippen LogP contribution is -2.40. The molecule has 0 bridgehead atoms. The maximum absolute atomic E-state index is 9.32. The zero-order chi connectivity index (χ0) is 12.1. The van der Waals surface area contributed by atoms with Crippen LogP contribution in [0.5, 0.6) is 0 Å². The van der Waals surface area contributed by atoms with Crippen LogP contribution in [-0.4, -0.2) is 37.4 Å². The first-order chi connectivity index (χ1) is 8.35. The highest BCUT2D eigenvalue weighted by atomic mass is 16.3. The number of aryl methyl sites for hydroxylation is 1. The van der Waals surface area contributed by atoms with Crippen LogP contribution in [-0.2, 0) is 6.42 Å². The van der Waals surface area contributed by atoms with Crippen LogP contribution in [0.4, 0.5) is 5.69 Å². The molecule has 17 heavy (non-hydrogen) atoms. The molecule has 94 valence electrons. The molecule has 0 spiro atoms. The van der Waals surface area contributed by atoms with Crippen LogP contribution in [0, 0.1) is 0 Å². The number of hydrogen-bond donors (Lipinski definition) is 2. The Bertz CT molecular complexity index is 354. The zero-order valence-corrected chi connectivity index (χ0v) is 10.5. The summed E-state index contributed by atoms with van der Waals surface area (Å²) < 4.78 is 0. The van der Waals surface area contributed by atoms with Crippen molar-refractivity contribution in [1.29, 1.82) is 0 Å². The first-order valence-corrected chi connectivity index (χ1v) is 6.52. The Morgan fingerprint density at radius 3 is 3.00 bits per heavy atom. The maximum atomic E-state index is 9.32. The van der Waals surface area contributed by atoms with Crippen LogP contribution in [0.1, 0.15) is 18.9 Å². The fraction of sp³-hybridized carbons (Fsp3) is 0.571. The molecule has 2 N–H and O–H groups in total. The summed E-state index contributed by atoms with van der Waals surface area (Å²) in [6.07, 6.45) is 2.19. The number of rotatable bonds is 3. The van der Waals surface area contributed by atoms with E-state index in [1.165, 1.54) is 11.3 Å². The van der Waals surface area contributed by atoms with E-state index in [4.69, 9.17) is 0 Å². The summed E-state index contributed by atoms with van der Waals surface area (Å²) in [5, 5.41) is 12.7. The number of para-hydroxylation sites is 1. The van der Waals surface area contributed by atoms with Gasteiger partial charge in [0.05, 0.1) is 6.61 Å². The van der Waals surface area contributed by atoms with Crippen molar-refractivity contribution in [3.8, 4) is 0 Å². The minimum absolute atomic E-state index is 0.197. The molecule has 0 radical (unpaired) electrons. The van der Waals surface area contributed by atoms with E-state index >= 15 is 0 Å². The van der Waals surface area contributed by atoms with Gasteiger partial charge < -0.3 is 15.3 Å². The molecule has 3 nitrogen and oxygen atoms in total. The summed E-state index contributed by atoms with van der Waals surface area (Å²) >= 11 is 0. The second kappa shape index (κ2) is 6.03. The van der Waals surface area contributed by atoms with E-state index in [2.05, 4.69) is 41.4 Å². The van der Waals surface area contributed by atoms with E-state index in [1.54, 1.807) is 0 Å². The Hall–Kier alpha value is -1.06. The number of aliphatic hydroxyl groups excluding tert-OH is 1. The Kier molecular flexibility index (Phi) is 4.40. The SMILES string of the molecule is CCc1ccccc1N1CCCNC(CO)C1. The van der Waals surface area contributed by atoms with Crippen molar-refractivity contribution in [2.75, 3.05) is 31.1 Å².